The topological polar surface area (TPSA) is 66.4 Å². The van der Waals surface area contributed by atoms with E-state index in [9.17, 15) is 13.5 Å². The lowest BCUT2D eigenvalue weighted by molar-refractivity contribution is 0.280. The van der Waals surface area contributed by atoms with Gasteiger partial charge < -0.3 is 5.11 Å². The molecule has 2 aromatic rings. The molecule has 0 aliphatic heterocycles. The van der Waals surface area contributed by atoms with Gasteiger partial charge >= 0.3 is 0 Å². The van der Waals surface area contributed by atoms with Gasteiger partial charge in [0.25, 0.3) is 0 Å². The Morgan fingerprint density at radius 3 is 2.65 bits per heavy atom. The Hall–Kier alpha value is -1.21. The highest BCUT2D eigenvalue weighted by Crippen LogP contribution is 2.17. The molecule has 0 atom stereocenters. The summed E-state index contributed by atoms with van der Waals surface area (Å²) < 4.78 is 27.0. The lowest BCUT2D eigenvalue weighted by Crippen LogP contribution is -2.23. The lowest BCUT2D eigenvalue weighted by atomic mass is 10.1. The number of hydrogen-bond donors (Lipinski definition) is 2. The molecule has 1 heterocycles. The van der Waals surface area contributed by atoms with E-state index in [0.29, 0.717) is 5.56 Å². The van der Waals surface area contributed by atoms with Gasteiger partial charge in [0.15, 0.2) is 0 Å². The Balaban J connectivity index is 2.20. The van der Waals surface area contributed by atoms with Crippen LogP contribution in [0.25, 0.3) is 0 Å². The van der Waals surface area contributed by atoms with Gasteiger partial charge in [0, 0.05) is 6.54 Å². The van der Waals surface area contributed by atoms with Gasteiger partial charge in [0.05, 0.1) is 11.5 Å². The molecule has 20 heavy (non-hydrogen) atoms. The second-order valence-corrected chi connectivity index (χ2v) is 6.95. The zero-order valence-electron chi connectivity index (χ0n) is 11.2. The monoisotopic (exact) mass is 311 g/mol. The molecule has 0 fully saturated rings. The molecule has 0 aliphatic carbocycles. The van der Waals surface area contributed by atoms with Crippen molar-refractivity contribution in [2.24, 2.45) is 0 Å². The predicted molar refractivity (Wildman–Crippen MR) is 80.1 cm³/mol. The summed E-state index contributed by atoms with van der Waals surface area (Å²) in [5.41, 5.74) is 2.56. The molecule has 1 aromatic carbocycles. The van der Waals surface area contributed by atoms with Gasteiger partial charge in [-0.3, -0.25) is 0 Å². The van der Waals surface area contributed by atoms with Crippen LogP contribution in [0.15, 0.2) is 39.9 Å². The van der Waals surface area contributed by atoms with Gasteiger partial charge in [-0.05, 0) is 52.1 Å². The fraction of sp³-hybridized carbons (Fsp3) is 0.286. The van der Waals surface area contributed by atoms with Gasteiger partial charge in [-0.2, -0.15) is 11.3 Å². The Labute approximate surface area is 123 Å². The average Bonchev–Trinajstić information content (AvgIpc) is 2.97. The van der Waals surface area contributed by atoms with E-state index in [4.69, 9.17) is 0 Å². The van der Waals surface area contributed by atoms with E-state index < -0.39 is 10.0 Å². The van der Waals surface area contributed by atoms with Gasteiger partial charge in [0.1, 0.15) is 0 Å². The number of rotatable bonds is 6. The molecule has 108 valence electrons. The maximum atomic E-state index is 12.2. The minimum absolute atomic E-state index is 0.156. The first-order valence-corrected chi connectivity index (χ1v) is 8.73. The molecule has 2 N–H and O–H groups in total. The molecule has 2 rings (SSSR count). The lowest BCUT2D eigenvalue weighted by Gasteiger charge is -2.10. The van der Waals surface area contributed by atoms with E-state index in [-0.39, 0.29) is 18.0 Å². The molecule has 0 spiro atoms. The van der Waals surface area contributed by atoms with E-state index >= 15 is 0 Å². The highest BCUT2D eigenvalue weighted by Gasteiger charge is 2.15. The van der Waals surface area contributed by atoms with Crippen LogP contribution in [0.5, 0.6) is 0 Å². The smallest absolute Gasteiger partial charge is 0.240 e. The van der Waals surface area contributed by atoms with Crippen LogP contribution in [-0.2, 0) is 29.6 Å². The summed E-state index contributed by atoms with van der Waals surface area (Å²) in [6.07, 6.45) is 0.762. The second-order valence-electron chi connectivity index (χ2n) is 4.40. The first-order chi connectivity index (χ1) is 9.56. The Morgan fingerprint density at radius 1 is 1.25 bits per heavy atom. The summed E-state index contributed by atoms with van der Waals surface area (Å²) >= 11 is 1.53. The van der Waals surface area contributed by atoms with Crippen molar-refractivity contribution >= 4 is 21.4 Å². The van der Waals surface area contributed by atoms with Crippen LogP contribution >= 0.6 is 11.3 Å². The first-order valence-electron chi connectivity index (χ1n) is 6.30. The zero-order chi connectivity index (χ0) is 14.6. The van der Waals surface area contributed by atoms with Crippen molar-refractivity contribution in [3.8, 4) is 0 Å². The Morgan fingerprint density at radius 2 is 2.05 bits per heavy atom. The van der Waals surface area contributed by atoms with Crippen LogP contribution in [0.1, 0.15) is 23.6 Å². The number of aliphatic hydroxyl groups is 1. The molecule has 0 saturated heterocycles. The van der Waals surface area contributed by atoms with Crippen molar-refractivity contribution < 1.29 is 13.5 Å². The minimum Gasteiger partial charge on any atom is -0.392 e. The highest BCUT2D eigenvalue weighted by atomic mass is 32.2. The van der Waals surface area contributed by atoms with Crippen molar-refractivity contribution in [2.75, 3.05) is 0 Å². The summed E-state index contributed by atoms with van der Waals surface area (Å²) in [5.74, 6) is 0. The standard InChI is InChI=1S/C14H17NO3S2/c1-2-12-3-4-14(7-13(12)9-16)20(17,18)15-8-11-5-6-19-10-11/h3-7,10,15-16H,2,8-9H2,1H3. The zero-order valence-corrected chi connectivity index (χ0v) is 12.8. The summed E-state index contributed by atoms with van der Waals surface area (Å²) in [5, 5.41) is 13.1. The van der Waals surface area contributed by atoms with Gasteiger partial charge in [0.2, 0.25) is 10.0 Å². The highest BCUT2D eigenvalue weighted by molar-refractivity contribution is 7.89. The third-order valence-corrected chi connectivity index (χ3v) is 5.22. The molecule has 1 aromatic heterocycles. The Bertz CT molecular complexity index is 664. The van der Waals surface area contributed by atoms with Crippen LogP contribution in [0.3, 0.4) is 0 Å². The number of benzene rings is 1. The van der Waals surface area contributed by atoms with Crippen LogP contribution in [-0.4, -0.2) is 13.5 Å². The van der Waals surface area contributed by atoms with E-state index in [1.165, 1.54) is 17.4 Å². The molecule has 0 unspecified atom stereocenters. The molecule has 0 aliphatic rings. The number of aryl methyl sites for hydroxylation is 1. The van der Waals surface area contributed by atoms with Gasteiger partial charge in [-0.1, -0.05) is 13.0 Å². The van der Waals surface area contributed by atoms with Crippen LogP contribution < -0.4 is 4.72 Å². The molecular weight excluding hydrogens is 294 g/mol. The van der Waals surface area contributed by atoms with Crippen LogP contribution in [0.4, 0.5) is 0 Å². The van der Waals surface area contributed by atoms with Crippen molar-refractivity contribution in [3.05, 3.63) is 51.7 Å². The van der Waals surface area contributed by atoms with E-state index in [1.807, 2.05) is 23.8 Å². The largest absolute Gasteiger partial charge is 0.392 e. The molecule has 4 nitrogen and oxygen atoms in total. The van der Waals surface area contributed by atoms with E-state index in [2.05, 4.69) is 4.72 Å². The molecule has 0 bridgehead atoms. The fourth-order valence-corrected chi connectivity index (χ4v) is 3.65. The van der Waals surface area contributed by atoms with Crippen LogP contribution in [0, 0.1) is 0 Å². The number of hydrogen-bond acceptors (Lipinski definition) is 4. The van der Waals surface area contributed by atoms with Crippen molar-refractivity contribution in [2.45, 2.75) is 31.4 Å². The van der Waals surface area contributed by atoms with E-state index in [1.54, 1.807) is 12.1 Å². The minimum atomic E-state index is -3.55. The normalized spacial score (nSPS) is 11.7. The maximum absolute atomic E-state index is 12.2. The maximum Gasteiger partial charge on any atom is 0.240 e. The number of sulfonamides is 1. The van der Waals surface area contributed by atoms with Gasteiger partial charge in [-0.15, -0.1) is 0 Å². The fourth-order valence-electron chi connectivity index (χ4n) is 1.92. The quantitative estimate of drug-likeness (QED) is 0.860. The second kappa shape index (κ2) is 6.49. The Kier molecular flexibility index (Phi) is 4.93. The summed E-state index contributed by atoms with van der Waals surface area (Å²) in [4.78, 5) is 0.189. The number of thiophene rings is 1. The molecule has 6 heteroatoms. The summed E-state index contributed by atoms with van der Waals surface area (Å²) in [6.45, 7) is 2.09. The molecule has 0 radical (unpaired) electrons. The summed E-state index contributed by atoms with van der Waals surface area (Å²) in [7, 11) is -3.55. The number of aliphatic hydroxyl groups excluding tert-OH is 1. The van der Waals surface area contributed by atoms with Gasteiger partial charge in [-0.25, -0.2) is 13.1 Å². The average molecular weight is 311 g/mol. The molecule has 0 saturated carbocycles. The predicted octanol–water partition coefficient (Wildman–Crippen LogP) is 2.28. The molecule has 0 amide bonds. The molecular formula is C14H17NO3S2. The number of nitrogens with one attached hydrogen (secondary N) is 1. The SMILES string of the molecule is CCc1ccc(S(=O)(=O)NCc2ccsc2)cc1CO. The van der Waals surface area contributed by atoms with Crippen molar-refractivity contribution in [1.29, 1.82) is 0 Å². The third kappa shape index (κ3) is 3.46. The van der Waals surface area contributed by atoms with Crippen molar-refractivity contribution in [1.82, 2.24) is 4.72 Å². The van der Waals surface area contributed by atoms with E-state index in [0.717, 1.165) is 17.5 Å². The third-order valence-electron chi connectivity index (χ3n) is 3.09. The van der Waals surface area contributed by atoms with Crippen molar-refractivity contribution in [3.63, 3.8) is 0 Å². The van der Waals surface area contributed by atoms with Crippen LogP contribution in [0.2, 0.25) is 0 Å². The summed E-state index contributed by atoms with van der Waals surface area (Å²) in [6, 6.07) is 6.75. The first kappa shape index (κ1) is 15.2.